The highest BCUT2D eigenvalue weighted by Crippen LogP contribution is 1.94. The average molecular weight is 205 g/mol. The van der Waals surface area contributed by atoms with Crippen LogP contribution in [0.15, 0.2) is 0 Å². The smallest absolute Gasteiger partial charge is 0.00493 e. The predicted molar refractivity (Wildman–Crippen MR) is 65.1 cm³/mol. The highest BCUT2D eigenvalue weighted by Gasteiger charge is 1.91. The van der Waals surface area contributed by atoms with E-state index in [0.29, 0.717) is 26.6 Å². The molecule has 0 saturated carbocycles. The van der Waals surface area contributed by atoms with E-state index in [1.165, 1.54) is 12.8 Å². The molecule has 0 aromatic heterocycles. The molecule has 0 aromatic carbocycles. The van der Waals surface area contributed by atoms with Crippen LogP contribution in [0.3, 0.4) is 0 Å². The van der Waals surface area contributed by atoms with E-state index in [9.17, 15) is 0 Å². The van der Waals surface area contributed by atoms with Crippen molar-refractivity contribution in [3.05, 3.63) is 0 Å². The van der Waals surface area contributed by atoms with Crippen LogP contribution in [0, 0.1) is 0 Å². The lowest BCUT2D eigenvalue weighted by atomic mass is 10.4. The molecule has 0 saturated heterocycles. The molecule has 0 aliphatic rings. The summed E-state index contributed by atoms with van der Waals surface area (Å²) in [6.45, 7) is 4.65. The molecule has 0 rings (SSSR count). The first kappa shape index (κ1) is 11.7. The fourth-order valence-electron chi connectivity index (χ4n) is 1.38. The molecule has 0 atom stereocenters. The maximum absolute atomic E-state index is 2.32. The zero-order chi connectivity index (χ0) is 8.36. The van der Waals surface area contributed by atoms with Crippen molar-refractivity contribution in [2.75, 3.05) is 0 Å². The fourth-order valence-corrected chi connectivity index (χ4v) is 19.0. The van der Waals surface area contributed by atoms with Crippen molar-refractivity contribution < 1.29 is 0 Å². The van der Waals surface area contributed by atoms with Gasteiger partial charge in [0.2, 0.25) is 0 Å². The molecule has 0 heterocycles. The highest BCUT2D eigenvalue weighted by atomic mass is 29.5. The summed E-state index contributed by atoms with van der Waals surface area (Å²) in [5.41, 5.74) is 0. The third-order valence-corrected chi connectivity index (χ3v) is 20.2. The Labute approximate surface area is 78.6 Å². The van der Waals surface area contributed by atoms with E-state index >= 15 is 0 Å². The van der Waals surface area contributed by atoms with Gasteiger partial charge in [-0.1, -0.05) is 51.6 Å². The first-order chi connectivity index (χ1) is 5.41. The standard InChI is InChI=1S/C8H24Si3/c1-3-5-7-9-11-10-8-6-4-2/h3-11H2,1-2H3. The van der Waals surface area contributed by atoms with Gasteiger partial charge < -0.3 is 0 Å². The minimum Gasteiger partial charge on any atom is -0.0655 e. The summed E-state index contributed by atoms with van der Waals surface area (Å²) < 4.78 is 0. The molecular formula is C8H24Si3. The minimum atomic E-state index is 0.573. The van der Waals surface area contributed by atoms with Gasteiger partial charge in [-0.25, -0.2) is 0 Å². The first-order valence-corrected chi connectivity index (χ1v) is 15.4. The second-order valence-corrected chi connectivity index (χ2v) is 19.7. The maximum atomic E-state index is 2.32. The van der Waals surface area contributed by atoms with Crippen LogP contribution in [0.4, 0.5) is 0 Å². The number of hydrogen-bond donors (Lipinski definition) is 0. The van der Waals surface area contributed by atoms with Gasteiger partial charge in [0.1, 0.15) is 0 Å². The lowest BCUT2D eigenvalue weighted by molar-refractivity contribution is 0.881. The van der Waals surface area contributed by atoms with Crippen molar-refractivity contribution >= 4 is 26.6 Å². The zero-order valence-corrected chi connectivity index (χ0v) is 12.6. The number of hydrogen-bond acceptors (Lipinski definition) is 0. The van der Waals surface area contributed by atoms with E-state index in [0.717, 1.165) is 0 Å². The normalized spacial score (nSPS) is 13.6. The molecule has 0 aromatic rings. The van der Waals surface area contributed by atoms with Crippen molar-refractivity contribution in [2.24, 2.45) is 0 Å². The largest absolute Gasteiger partial charge is 0.0655 e. The van der Waals surface area contributed by atoms with Crippen LogP contribution < -0.4 is 0 Å². The average Bonchev–Trinajstić information content (AvgIpc) is 2.03. The summed E-state index contributed by atoms with van der Waals surface area (Å²) in [7, 11) is 1.79. The third-order valence-electron chi connectivity index (χ3n) is 2.21. The highest BCUT2D eigenvalue weighted by molar-refractivity contribution is 7.29. The van der Waals surface area contributed by atoms with Crippen molar-refractivity contribution in [3.63, 3.8) is 0 Å². The van der Waals surface area contributed by atoms with Gasteiger partial charge in [-0.15, -0.1) is 0 Å². The van der Waals surface area contributed by atoms with Crippen LogP contribution in [-0.4, -0.2) is 26.6 Å². The zero-order valence-electron chi connectivity index (χ0n) is 8.36. The Morgan fingerprint density at radius 2 is 1.27 bits per heavy atom. The van der Waals surface area contributed by atoms with Crippen LogP contribution in [0.1, 0.15) is 39.5 Å². The van der Waals surface area contributed by atoms with E-state index in [2.05, 4.69) is 13.8 Å². The van der Waals surface area contributed by atoms with E-state index in [1.54, 1.807) is 24.9 Å². The van der Waals surface area contributed by atoms with Gasteiger partial charge in [0, 0.05) is 18.1 Å². The summed E-state index contributed by atoms with van der Waals surface area (Å²) >= 11 is 0. The Kier molecular flexibility index (Phi) is 11.3. The van der Waals surface area contributed by atoms with Gasteiger partial charge in [-0.2, -0.15) is 0 Å². The summed E-state index contributed by atoms with van der Waals surface area (Å²) in [5.74, 6) is 0. The molecule has 0 fully saturated rings. The molecule has 0 aliphatic heterocycles. The van der Waals surface area contributed by atoms with Crippen molar-refractivity contribution in [1.29, 1.82) is 0 Å². The topological polar surface area (TPSA) is 0 Å². The van der Waals surface area contributed by atoms with Gasteiger partial charge >= 0.3 is 0 Å². The van der Waals surface area contributed by atoms with Crippen LogP contribution in [-0.2, 0) is 0 Å². The van der Waals surface area contributed by atoms with Gasteiger partial charge in [0.15, 0.2) is 0 Å². The SMILES string of the molecule is CCCC[SiH2][SiH2][SiH2]CCCC. The molecule has 0 amide bonds. The second kappa shape index (κ2) is 10.7. The van der Waals surface area contributed by atoms with Crippen LogP contribution in [0.25, 0.3) is 0 Å². The molecule has 0 N–H and O–H groups in total. The second-order valence-electron chi connectivity index (χ2n) is 3.47. The Balaban J connectivity index is 2.69. The monoisotopic (exact) mass is 204 g/mol. The molecule has 68 valence electrons. The van der Waals surface area contributed by atoms with E-state index in [1.807, 2.05) is 0 Å². The van der Waals surface area contributed by atoms with Crippen molar-refractivity contribution in [3.8, 4) is 0 Å². The van der Waals surface area contributed by atoms with E-state index < -0.39 is 0 Å². The van der Waals surface area contributed by atoms with Gasteiger partial charge in [-0.05, 0) is 8.55 Å². The summed E-state index contributed by atoms with van der Waals surface area (Å²) in [6.07, 6.45) is 6.00. The third kappa shape index (κ3) is 10.7. The van der Waals surface area contributed by atoms with Gasteiger partial charge in [0.05, 0.1) is 0 Å². The Morgan fingerprint density at radius 3 is 1.64 bits per heavy atom. The van der Waals surface area contributed by atoms with E-state index in [-0.39, 0.29) is 0 Å². The number of rotatable bonds is 8. The molecule has 0 unspecified atom stereocenters. The lowest BCUT2D eigenvalue weighted by Gasteiger charge is -1.96. The Morgan fingerprint density at radius 1 is 0.818 bits per heavy atom. The predicted octanol–water partition coefficient (Wildman–Crippen LogP) is 0.760. The van der Waals surface area contributed by atoms with Crippen LogP contribution in [0.5, 0.6) is 0 Å². The molecule has 0 radical (unpaired) electrons. The van der Waals surface area contributed by atoms with E-state index in [4.69, 9.17) is 0 Å². The molecule has 0 spiro atoms. The number of unbranched alkanes of at least 4 members (excludes halogenated alkanes) is 2. The van der Waals surface area contributed by atoms with Crippen molar-refractivity contribution in [2.45, 2.75) is 51.6 Å². The lowest BCUT2D eigenvalue weighted by Crippen LogP contribution is -2.11. The van der Waals surface area contributed by atoms with Crippen LogP contribution >= 0.6 is 0 Å². The summed E-state index contributed by atoms with van der Waals surface area (Å²) in [4.78, 5) is 0. The van der Waals surface area contributed by atoms with Crippen molar-refractivity contribution in [1.82, 2.24) is 0 Å². The van der Waals surface area contributed by atoms with Crippen LogP contribution in [0.2, 0.25) is 12.1 Å². The Bertz CT molecular complexity index is 58.4. The molecule has 0 aliphatic carbocycles. The van der Waals surface area contributed by atoms with Gasteiger partial charge in [-0.3, -0.25) is 0 Å². The quantitative estimate of drug-likeness (QED) is 0.405. The van der Waals surface area contributed by atoms with Gasteiger partial charge in [0.25, 0.3) is 0 Å². The maximum Gasteiger partial charge on any atom is 0.00493 e. The minimum absolute atomic E-state index is 0.573. The molecule has 0 nitrogen and oxygen atoms in total. The molecule has 3 heteroatoms. The molecule has 0 bridgehead atoms. The fraction of sp³-hybridized carbons (Fsp3) is 1.00. The first-order valence-electron chi connectivity index (χ1n) is 5.41. The Hall–Kier alpha value is 0.651. The molecule has 11 heavy (non-hydrogen) atoms. The molecular weight excluding hydrogens is 180 g/mol. The summed E-state index contributed by atoms with van der Waals surface area (Å²) in [6, 6.07) is 3.39. The summed E-state index contributed by atoms with van der Waals surface area (Å²) in [5, 5.41) is 0.